The van der Waals surface area contributed by atoms with Gasteiger partial charge in [-0.2, -0.15) is 0 Å². The molecule has 7 heteroatoms. The zero-order valence-electron chi connectivity index (χ0n) is 12.5. The summed E-state index contributed by atoms with van der Waals surface area (Å²) in [4.78, 5) is 0.204. The van der Waals surface area contributed by atoms with E-state index in [1.54, 1.807) is 25.1 Å². The quantitative estimate of drug-likeness (QED) is 0.897. The highest BCUT2D eigenvalue weighted by molar-refractivity contribution is 7.89. The molecule has 1 N–H and O–H groups in total. The lowest BCUT2D eigenvalue weighted by Gasteiger charge is -2.10. The molecule has 0 amide bonds. The highest BCUT2D eigenvalue weighted by Gasteiger charge is 2.18. The van der Waals surface area contributed by atoms with Crippen LogP contribution in [0.4, 0.5) is 0 Å². The average molecular weight is 354 g/mol. The molecule has 122 valence electrons. The summed E-state index contributed by atoms with van der Waals surface area (Å²) >= 11 is 5.99. The average Bonchev–Trinajstić information content (AvgIpc) is 2.97. The van der Waals surface area contributed by atoms with E-state index in [4.69, 9.17) is 21.1 Å². The third kappa shape index (κ3) is 3.44. The molecule has 1 aliphatic rings. The molecule has 0 aliphatic carbocycles. The minimum atomic E-state index is -3.59. The van der Waals surface area contributed by atoms with Gasteiger partial charge in [0, 0.05) is 11.6 Å². The number of sulfonamides is 1. The Bertz CT molecular complexity index is 836. The molecular formula is C16H16ClNO4S. The van der Waals surface area contributed by atoms with Crippen LogP contribution in [0.2, 0.25) is 5.02 Å². The Labute approximate surface area is 140 Å². The molecule has 23 heavy (non-hydrogen) atoms. The van der Waals surface area contributed by atoms with Crippen LogP contribution in [0.25, 0.3) is 0 Å². The molecule has 0 saturated carbocycles. The van der Waals surface area contributed by atoms with Gasteiger partial charge in [-0.25, -0.2) is 13.1 Å². The smallest absolute Gasteiger partial charge is 0.240 e. The zero-order valence-corrected chi connectivity index (χ0v) is 14.1. The molecule has 0 fully saturated rings. The van der Waals surface area contributed by atoms with Gasteiger partial charge in [-0.3, -0.25) is 0 Å². The zero-order chi connectivity index (χ0) is 16.4. The minimum absolute atomic E-state index is 0.204. The second-order valence-corrected chi connectivity index (χ2v) is 7.34. The summed E-state index contributed by atoms with van der Waals surface area (Å²) in [7, 11) is -3.59. The van der Waals surface area contributed by atoms with Gasteiger partial charge in [0.05, 0.1) is 4.90 Å². The summed E-state index contributed by atoms with van der Waals surface area (Å²) in [5, 5.41) is 0.434. The summed E-state index contributed by atoms with van der Waals surface area (Å²) in [6, 6.07) is 10.4. The van der Waals surface area contributed by atoms with E-state index in [1.165, 1.54) is 0 Å². The first kappa shape index (κ1) is 16.1. The molecule has 0 saturated heterocycles. The summed E-state index contributed by atoms with van der Waals surface area (Å²) in [6.07, 6.45) is 0.551. The fourth-order valence-electron chi connectivity index (χ4n) is 2.38. The number of rotatable bonds is 5. The second-order valence-electron chi connectivity index (χ2n) is 5.20. The van der Waals surface area contributed by atoms with Gasteiger partial charge in [-0.1, -0.05) is 23.7 Å². The summed E-state index contributed by atoms with van der Waals surface area (Å²) in [5.41, 5.74) is 1.52. The molecule has 0 bridgehead atoms. The summed E-state index contributed by atoms with van der Waals surface area (Å²) in [6.45, 7) is 2.20. The third-order valence-electron chi connectivity index (χ3n) is 3.65. The third-order valence-corrected chi connectivity index (χ3v) is 5.67. The van der Waals surface area contributed by atoms with E-state index in [0.717, 1.165) is 5.56 Å². The van der Waals surface area contributed by atoms with E-state index < -0.39 is 10.0 Å². The van der Waals surface area contributed by atoms with Crippen molar-refractivity contribution in [1.29, 1.82) is 0 Å². The van der Waals surface area contributed by atoms with E-state index in [2.05, 4.69) is 4.72 Å². The van der Waals surface area contributed by atoms with Gasteiger partial charge < -0.3 is 9.47 Å². The van der Waals surface area contributed by atoms with E-state index in [-0.39, 0.29) is 18.2 Å². The fraction of sp³-hybridized carbons (Fsp3) is 0.250. The van der Waals surface area contributed by atoms with Crippen molar-refractivity contribution in [2.45, 2.75) is 18.2 Å². The lowest BCUT2D eigenvalue weighted by Crippen LogP contribution is -2.26. The van der Waals surface area contributed by atoms with Crippen LogP contribution in [-0.2, 0) is 16.4 Å². The highest BCUT2D eigenvalue weighted by atomic mass is 35.5. The van der Waals surface area contributed by atoms with Crippen molar-refractivity contribution < 1.29 is 17.9 Å². The maximum atomic E-state index is 12.4. The standard InChI is InChI=1S/C16H16ClNO4S/c1-11-13(17)3-2-4-16(11)23(19,20)18-8-7-12-5-6-14-15(9-12)22-10-21-14/h2-6,9,18H,7-8,10H2,1H3. The molecule has 0 spiro atoms. The molecule has 5 nitrogen and oxygen atoms in total. The van der Waals surface area contributed by atoms with Crippen molar-refractivity contribution in [3.8, 4) is 11.5 Å². The van der Waals surface area contributed by atoms with Gasteiger partial charge in [0.25, 0.3) is 0 Å². The first-order valence-corrected chi connectivity index (χ1v) is 8.97. The number of halogens is 1. The molecule has 1 aliphatic heterocycles. The maximum Gasteiger partial charge on any atom is 0.240 e. The van der Waals surface area contributed by atoms with Crippen molar-refractivity contribution >= 4 is 21.6 Å². The van der Waals surface area contributed by atoms with Gasteiger partial charge in [0.2, 0.25) is 16.8 Å². The van der Waals surface area contributed by atoms with Crippen LogP contribution in [0.1, 0.15) is 11.1 Å². The highest BCUT2D eigenvalue weighted by Crippen LogP contribution is 2.32. The predicted molar refractivity (Wildman–Crippen MR) is 87.6 cm³/mol. The number of fused-ring (bicyclic) bond motifs is 1. The van der Waals surface area contributed by atoms with E-state index >= 15 is 0 Å². The lowest BCUT2D eigenvalue weighted by molar-refractivity contribution is 0.174. The molecule has 2 aromatic carbocycles. The number of hydrogen-bond donors (Lipinski definition) is 1. The first-order valence-electron chi connectivity index (χ1n) is 7.11. The summed E-state index contributed by atoms with van der Waals surface area (Å²) in [5.74, 6) is 1.40. The Balaban J connectivity index is 1.67. The van der Waals surface area contributed by atoms with Gasteiger partial charge in [-0.05, 0) is 48.7 Å². The predicted octanol–water partition coefficient (Wildman–Crippen LogP) is 2.90. The first-order chi connectivity index (χ1) is 11.0. The van der Waals surface area contributed by atoms with Crippen molar-refractivity contribution in [1.82, 2.24) is 4.72 Å². The van der Waals surface area contributed by atoms with Crippen molar-refractivity contribution in [2.75, 3.05) is 13.3 Å². The van der Waals surface area contributed by atoms with Gasteiger partial charge >= 0.3 is 0 Å². The molecule has 0 aromatic heterocycles. The molecule has 3 rings (SSSR count). The number of benzene rings is 2. The topological polar surface area (TPSA) is 64.6 Å². The molecule has 0 radical (unpaired) electrons. The van der Waals surface area contributed by atoms with Gasteiger partial charge in [0.15, 0.2) is 11.5 Å². The van der Waals surface area contributed by atoms with E-state index in [9.17, 15) is 8.42 Å². The van der Waals surface area contributed by atoms with Crippen LogP contribution in [0.3, 0.4) is 0 Å². The van der Waals surface area contributed by atoms with Crippen molar-refractivity contribution in [2.24, 2.45) is 0 Å². The molecule has 1 heterocycles. The van der Waals surface area contributed by atoms with Crippen LogP contribution in [0.5, 0.6) is 11.5 Å². The van der Waals surface area contributed by atoms with Crippen LogP contribution < -0.4 is 14.2 Å². The Kier molecular flexibility index (Phi) is 4.48. The van der Waals surface area contributed by atoms with Crippen LogP contribution >= 0.6 is 11.6 Å². The Morgan fingerprint density at radius 1 is 1.17 bits per heavy atom. The van der Waals surface area contributed by atoms with Crippen LogP contribution in [-0.4, -0.2) is 21.8 Å². The SMILES string of the molecule is Cc1c(Cl)cccc1S(=O)(=O)NCCc1ccc2c(c1)OCO2. The van der Waals surface area contributed by atoms with Crippen LogP contribution in [0, 0.1) is 6.92 Å². The lowest BCUT2D eigenvalue weighted by atomic mass is 10.1. The number of ether oxygens (including phenoxy) is 2. The molecule has 0 unspecified atom stereocenters. The monoisotopic (exact) mass is 353 g/mol. The number of nitrogens with one attached hydrogen (secondary N) is 1. The van der Waals surface area contributed by atoms with E-state index in [1.807, 2.05) is 18.2 Å². The maximum absolute atomic E-state index is 12.4. The van der Waals surface area contributed by atoms with Crippen molar-refractivity contribution in [3.05, 3.63) is 52.5 Å². The van der Waals surface area contributed by atoms with E-state index in [0.29, 0.717) is 28.5 Å². The molecular weight excluding hydrogens is 338 g/mol. The Hall–Kier alpha value is -1.76. The second kappa shape index (κ2) is 6.39. The Morgan fingerprint density at radius 3 is 2.78 bits per heavy atom. The molecule has 0 atom stereocenters. The van der Waals surface area contributed by atoms with Gasteiger partial charge in [0.1, 0.15) is 0 Å². The fourth-order valence-corrected chi connectivity index (χ4v) is 3.91. The molecule has 2 aromatic rings. The van der Waals surface area contributed by atoms with Crippen LogP contribution in [0.15, 0.2) is 41.3 Å². The Morgan fingerprint density at radius 2 is 1.96 bits per heavy atom. The minimum Gasteiger partial charge on any atom is -0.454 e. The normalized spacial score (nSPS) is 13.3. The van der Waals surface area contributed by atoms with Gasteiger partial charge in [-0.15, -0.1) is 0 Å². The van der Waals surface area contributed by atoms with Crippen molar-refractivity contribution in [3.63, 3.8) is 0 Å². The largest absolute Gasteiger partial charge is 0.454 e. The number of hydrogen-bond acceptors (Lipinski definition) is 4. The summed E-state index contributed by atoms with van der Waals surface area (Å²) < 4.78 is 37.9.